The van der Waals surface area contributed by atoms with Gasteiger partial charge in [-0.1, -0.05) is 18.2 Å². The molecule has 0 radical (unpaired) electrons. The third kappa shape index (κ3) is 3.49. The highest BCUT2D eigenvalue weighted by atomic mass is 16.6. The zero-order valence-electron chi connectivity index (χ0n) is 12.4. The van der Waals surface area contributed by atoms with Crippen LogP contribution in [0.15, 0.2) is 42.5 Å². The van der Waals surface area contributed by atoms with Gasteiger partial charge in [-0.2, -0.15) is 5.26 Å². The second kappa shape index (κ2) is 6.55. The van der Waals surface area contributed by atoms with E-state index in [1.165, 1.54) is 0 Å². The van der Waals surface area contributed by atoms with E-state index >= 15 is 0 Å². The lowest BCUT2D eigenvalue weighted by Gasteiger charge is -2.12. The highest BCUT2D eigenvalue weighted by Crippen LogP contribution is 2.26. The molecule has 5 heteroatoms. The number of rotatable bonds is 4. The van der Waals surface area contributed by atoms with Gasteiger partial charge in [0.05, 0.1) is 22.1 Å². The van der Waals surface area contributed by atoms with Crippen molar-refractivity contribution in [3.05, 3.63) is 69.3 Å². The Kier molecular flexibility index (Phi) is 4.54. The van der Waals surface area contributed by atoms with E-state index in [9.17, 15) is 10.1 Å². The minimum atomic E-state index is -0.383. The first kappa shape index (κ1) is 15.3. The Morgan fingerprint density at radius 3 is 2.36 bits per heavy atom. The van der Waals surface area contributed by atoms with Gasteiger partial charge in [-0.3, -0.25) is 10.1 Å². The van der Waals surface area contributed by atoms with Gasteiger partial charge in [0, 0.05) is 25.8 Å². The van der Waals surface area contributed by atoms with E-state index in [2.05, 4.69) is 6.07 Å². The van der Waals surface area contributed by atoms with E-state index in [0.29, 0.717) is 11.1 Å². The lowest BCUT2D eigenvalue weighted by Crippen LogP contribution is -2.09. The highest BCUT2D eigenvalue weighted by molar-refractivity contribution is 5.76. The van der Waals surface area contributed by atoms with Crippen LogP contribution in [-0.2, 0) is 0 Å². The highest BCUT2D eigenvalue weighted by Gasteiger charge is 2.13. The molecule has 110 valence electrons. The SMILES string of the molecule is CN(C)c1ccc(/C=C/c2ccc(C#N)cc2)c([N+](=O)[O-])c1. The number of hydrogen-bond acceptors (Lipinski definition) is 4. The molecule has 0 aromatic heterocycles. The molecule has 0 saturated carbocycles. The summed E-state index contributed by atoms with van der Waals surface area (Å²) in [7, 11) is 3.68. The van der Waals surface area contributed by atoms with Gasteiger partial charge in [0.25, 0.3) is 5.69 Å². The van der Waals surface area contributed by atoms with Gasteiger partial charge in [0.1, 0.15) is 0 Å². The number of nitrogens with zero attached hydrogens (tertiary/aromatic N) is 3. The van der Waals surface area contributed by atoms with Gasteiger partial charge in [-0.05, 0) is 35.9 Å². The molecule has 0 aliphatic heterocycles. The van der Waals surface area contributed by atoms with Crippen LogP contribution in [0.5, 0.6) is 0 Å². The average Bonchev–Trinajstić information content (AvgIpc) is 2.53. The number of hydrogen-bond donors (Lipinski definition) is 0. The molecule has 0 fully saturated rings. The fourth-order valence-electron chi connectivity index (χ4n) is 1.96. The van der Waals surface area contributed by atoms with Gasteiger partial charge < -0.3 is 4.90 Å². The van der Waals surface area contributed by atoms with Gasteiger partial charge >= 0.3 is 0 Å². The summed E-state index contributed by atoms with van der Waals surface area (Å²) in [5, 5.41) is 20.0. The molecular weight excluding hydrogens is 278 g/mol. The van der Waals surface area contributed by atoms with E-state index in [4.69, 9.17) is 5.26 Å². The van der Waals surface area contributed by atoms with Crippen LogP contribution >= 0.6 is 0 Å². The van der Waals surface area contributed by atoms with E-state index in [1.807, 2.05) is 25.1 Å². The fraction of sp³-hybridized carbons (Fsp3) is 0.118. The number of nitriles is 1. The Morgan fingerprint density at radius 1 is 1.14 bits per heavy atom. The smallest absolute Gasteiger partial charge is 0.278 e. The summed E-state index contributed by atoms with van der Waals surface area (Å²) < 4.78 is 0. The second-order valence-corrected chi connectivity index (χ2v) is 4.96. The quantitative estimate of drug-likeness (QED) is 0.489. The molecule has 2 aromatic carbocycles. The Labute approximate surface area is 128 Å². The predicted octanol–water partition coefficient (Wildman–Crippen LogP) is 3.70. The summed E-state index contributed by atoms with van der Waals surface area (Å²) >= 11 is 0. The molecule has 0 aliphatic rings. The lowest BCUT2D eigenvalue weighted by atomic mass is 10.1. The molecule has 0 amide bonds. The minimum Gasteiger partial charge on any atom is -0.377 e. The topological polar surface area (TPSA) is 70.2 Å². The maximum atomic E-state index is 11.2. The van der Waals surface area contributed by atoms with Crippen molar-refractivity contribution in [2.75, 3.05) is 19.0 Å². The average molecular weight is 293 g/mol. The van der Waals surface area contributed by atoms with Crippen LogP contribution in [0.2, 0.25) is 0 Å². The third-order valence-electron chi connectivity index (χ3n) is 3.22. The van der Waals surface area contributed by atoms with Gasteiger partial charge in [-0.25, -0.2) is 0 Å². The summed E-state index contributed by atoms with van der Waals surface area (Å²) in [6, 6.07) is 14.2. The summed E-state index contributed by atoms with van der Waals surface area (Å²) in [6.45, 7) is 0. The van der Waals surface area contributed by atoms with Crippen molar-refractivity contribution in [1.29, 1.82) is 5.26 Å². The van der Waals surface area contributed by atoms with Crippen LogP contribution in [0.4, 0.5) is 11.4 Å². The summed E-state index contributed by atoms with van der Waals surface area (Å²) in [6.07, 6.45) is 3.50. The first-order valence-corrected chi connectivity index (χ1v) is 6.65. The third-order valence-corrected chi connectivity index (χ3v) is 3.22. The molecule has 0 atom stereocenters. The minimum absolute atomic E-state index is 0.0658. The Balaban J connectivity index is 2.33. The molecule has 0 aliphatic carbocycles. The molecule has 0 spiro atoms. The first-order chi connectivity index (χ1) is 10.5. The maximum Gasteiger partial charge on any atom is 0.278 e. The maximum absolute atomic E-state index is 11.2. The van der Waals surface area contributed by atoms with Gasteiger partial charge in [0.15, 0.2) is 0 Å². The summed E-state index contributed by atoms with van der Waals surface area (Å²) in [5.41, 5.74) is 2.85. The van der Waals surface area contributed by atoms with Crippen molar-refractivity contribution in [1.82, 2.24) is 0 Å². The van der Waals surface area contributed by atoms with Crippen LogP contribution in [-0.4, -0.2) is 19.0 Å². The summed E-state index contributed by atoms with van der Waals surface area (Å²) in [5.74, 6) is 0. The van der Waals surface area contributed by atoms with E-state index < -0.39 is 0 Å². The molecule has 0 saturated heterocycles. The second-order valence-electron chi connectivity index (χ2n) is 4.96. The van der Waals surface area contributed by atoms with Gasteiger partial charge in [-0.15, -0.1) is 0 Å². The molecule has 0 unspecified atom stereocenters. The monoisotopic (exact) mass is 293 g/mol. The van der Waals surface area contributed by atoms with Crippen LogP contribution in [0.3, 0.4) is 0 Å². The Hall–Kier alpha value is -3.13. The van der Waals surface area contributed by atoms with Gasteiger partial charge in [0.2, 0.25) is 0 Å². The molecule has 2 rings (SSSR count). The largest absolute Gasteiger partial charge is 0.377 e. The molecular formula is C17H15N3O2. The zero-order chi connectivity index (χ0) is 16.1. The van der Waals surface area contributed by atoms with Crippen LogP contribution in [0.25, 0.3) is 12.2 Å². The van der Waals surface area contributed by atoms with Crippen molar-refractivity contribution in [2.45, 2.75) is 0 Å². The standard InChI is InChI=1S/C17H15N3O2/c1-19(2)16-10-9-15(17(11-16)20(21)22)8-7-13-3-5-14(12-18)6-4-13/h3-11H,1-2H3/b8-7+. The summed E-state index contributed by atoms with van der Waals surface area (Å²) in [4.78, 5) is 12.6. The number of nitro benzene ring substituents is 1. The predicted molar refractivity (Wildman–Crippen MR) is 87.5 cm³/mol. The lowest BCUT2D eigenvalue weighted by molar-refractivity contribution is -0.385. The molecule has 0 N–H and O–H groups in total. The number of benzene rings is 2. The van der Waals surface area contributed by atoms with E-state index in [0.717, 1.165) is 11.3 Å². The molecule has 22 heavy (non-hydrogen) atoms. The molecule has 5 nitrogen and oxygen atoms in total. The normalized spacial score (nSPS) is 10.4. The number of anilines is 1. The first-order valence-electron chi connectivity index (χ1n) is 6.65. The van der Waals surface area contributed by atoms with E-state index in [-0.39, 0.29) is 10.6 Å². The molecule has 0 heterocycles. The van der Waals surface area contributed by atoms with Crippen LogP contribution in [0, 0.1) is 21.4 Å². The van der Waals surface area contributed by atoms with Crippen molar-refractivity contribution in [3.8, 4) is 6.07 Å². The molecule has 2 aromatic rings. The zero-order valence-corrected chi connectivity index (χ0v) is 12.4. The fourth-order valence-corrected chi connectivity index (χ4v) is 1.96. The Bertz CT molecular complexity index is 756. The van der Waals surface area contributed by atoms with Crippen molar-refractivity contribution in [2.24, 2.45) is 0 Å². The van der Waals surface area contributed by atoms with Crippen molar-refractivity contribution < 1.29 is 4.92 Å². The number of nitro groups is 1. The van der Waals surface area contributed by atoms with Crippen molar-refractivity contribution >= 4 is 23.5 Å². The van der Waals surface area contributed by atoms with E-state index in [1.54, 1.807) is 48.6 Å². The van der Waals surface area contributed by atoms with Crippen LogP contribution in [0.1, 0.15) is 16.7 Å². The molecule has 0 bridgehead atoms. The Morgan fingerprint density at radius 2 is 1.82 bits per heavy atom. The van der Waals surface area contributed by atoms with Crippen molar-refractivity contribution in [3.63, 3.8) is 0 Å². The van der Waals surface area contributed by atoms with Crippen LogP contribution < -0.4 is 4.90 Å².